The molecule has 0 aromatic carbocycles. The first kappa shape index (κ1) is 13.7. The first-order chi connectivity index (χ1) is 9.26. The van der Waals surface area contributed by atoms with Gasteiger partial charge in [0.25, 0.3) is 5.91 Å². The van der Waals surface area contributed by atoms with Crippen LogP contribution in [0.3, 0.4) is 0 Å². The summed E-state index contributed by atoms with van der Waals surface area (Å²) in [6, 6.07) is 3.70. The molecule has 1 saturated heterocycles. The summed E-state index contributed by atoms with van der Waals surface area (Å²) in [6.45, 7) is 1.55. The summed E-state index contributed by atoms with van der Waals surface area (Å²) in [5.41, 5.74) is 0.776. The van der Waals surface area contributed by atoms with Crippen LogP contribution in [0.2, 0.25) is 0 Å². The average molecular weight is 276 g/mol. The Bertz CT molecular complexity index is 506. The third-order valence-electron chi connectivity index (χ3n) is 3.10. The molecule has 6 heteroatoms. The maximum Gasteiger partial charge on any atom is 0.255 e. The Hall–Kier alpha value is -1.74. The second kappa shape index (κ2) is 6.43. The van der Waals surface area contributed by atoms with Crippen LogP contribution in [0.5, 0.6) is 0 Å². The lowest BCUT2D eigenvalue weighted by molar-refractivity contribution is 0.0724. The topological polar surface area (TPSA) is 69.0 Å². The number of hydrogen-bond acceptors (Lipinski definition) is 5. The van der Waals surface area contributed by atoms with Crippen molar-refractivity contribution in [1.82, 2.24) is 9.88 Å². The van der Waals surface area contributed by atoms with Crippen LogP contribution < -0.4 is 4.72 Å². The Morgan fingerprint density at radius 3 is 2.84 bits per heavy atom. The van der Waals surface area contributed by atoms with E-state index in [1.807, 2.05) is 17.2 Å². The number of nitrogens with zero attached hydrogens (tertiary/aromatic N) is 3. The summed E-state index contributed by atoms with van der Waals surface area (Å²) in [5.74, 6) is 0.537. The number of carbonyl (C=O) groups is 1. The van der Waals surface area contributed by atoms with Gasteiger partial charge in [0.15, 0.2) is 0 Å². The predicted octanol–water partition coefficient (Wildman–Crippen LogP) is 2.27. The van der Waals surface area contributed by atoms with Crippen LogP contribution in [0.15, 0.2) is 12.3 Å². The molecule has 1 aliphatic heterocycles. The standard InChI is InChI=1S/C13H16N4OS/c1-19-16-12-7-11(10(8-14)9-15-12)13(18)17-5-3-2-4-6-17/h7,9H,2-6H2,1H3,(H,15,16). The number of pyridine rings is 1. The smallest absolute Gasteiger partial charge is 0.255 e. The molecule has 0 bridgehead atoms. The molecule has 2 heterocycles. The average Bonchev–Trinajstić information content (AvgIpc) is 2.47. The van der Waals surface area contributed by atoms with Gasteiger partial charge in [-0.3, -0.25) is 4.79 Å². The van der Waals surface area contributed by atoms with Crippen LogP contribution in [-0.4, -0.2) is 35.1 Å². The van der Waals surface area contributed by atoms with Crippen LogP contribution in [-0.2, 0) is 0 Å². The number of nitrogens with one attached hydrogen (secondary N) is 1. The van der Waals surface area contributed by atoms with Crippen molar-refractivity contribution < 1.29 is 4.79 Å². The molecule has 0 unspecified atom stereocenters. The second-order valence-corrected chi connectivity index (χ2v) is 5.00. The first-order valence-electron chi connectivity index (χ1n) is 6.24. The van der Waals surface area contributed by atoms with Gasteiger partial charge in [0, 0.05) is 25.5 Å². The maximum atomic E-state index is 12.4. The molecule has 0 aliphatic carbocycles. The highest BCUT2D eigenvalue weighted by molar-refractivity contribution is 7.99. The predicted molar refractivity (Wildman–Crippen MR) is 75.8 cm³/mol. The molecule has 19 heavy (non-hydrogen) atoms. The minimum Gasteiger partial charge on any atom is -0.339 e. The zero-order valence-electron chi connectivity index (χ0n) is 10.8. The SMILES string of the molecule is CSNc1cc(C(=O)N2CCCCC2)c(C#N)cn1. The maximum absolute atomic E-state index is 12.4. The normalized spacial score (nSPS) is 14.8. The lowest BCUT2D eigenvalue weighted by Gasteiger charge is -2.27. The van der Waals surface area contributed by atoms with Crippen LogP contribution in [0, 0.1) is 11.3 Å². The molecule has 1 N–H and O–H groups in total. The third-order valence-corrected chi connectivity index (χ3v) is 3.52. The van der Waals surface area contributed by atoms with E-state index in [9.17, 15) is 4.79 Å². The van der Waals surface area contributed by atoms with E-state index in [0.29, 0.717) is 16.9 Å². The number of hydrogen-bond donors (Lipinski definition) is 1. The van der Waals surface area contributed by atoms with Gasteiger partial charge in [-0.15, -0.1) is 0 Å². The van der Waals surface area contributed by atoms with E-state index in [1.165, 1.54) is 24.6 Å². The molecule has 100 valence electrons. The first-order valence-corrected chi connectivity index (χ1v) is 7.47. The van der Waals surface area contributed by atoms with Crippen molar-refractivity contribution in [3.05, 3.63) is 23.4 Å². The van der Waals surface area contributed by atoms with Gasteiger partial charge in [-0.25, -0.2) is 4.98 Å². The summed E-state index contributed by atoms with van der Waals surface area (Å²) < 4.78 is 2.98. The van der Waals surface area contributed by atoms with Crippen LogP contribution in [0.25, 0.3) is 0 Å². The molecule has 0 saturated carbocycles. The Kier molecular flexibility index (Phi) is 4.63. The van der Waals surface area contributed by atoms with Crippen molar-refractivity contribution in [2.24, 2.45) is 0 Å². The summed E-state index contributed by atoms with van der Waals surface area (Å²) in [6.07, 6.45) is 6.58. The van der Waals surface area contributed by atoms with Gasteiger partial charge in [-0.2, -0.15) is 5.26 Å². The Morgan fingerprint density at radius 2 is 2.21 bits per heavy atom. The summed E-state index contributed by atoms with van der Waals surface area (Å²) in [7, 11) is 0. The van der Waals surface area contributed by atoms with Gasteiger partial charge >= 0.3 is 0 Å². The van der Waals surface area contributed by atoms with Crippen LogP contribution in [0.1, 0.15) is 35.2 Å². The lowest BCUT2D eigenvalue weighted by Crippen LogP contribution is -2.36. The molecule has 2 rings (SSSR count). The zero-order valence-corrected chi connectivity index (χ0v) is 11.7. The molecule has 0 radical (unpaired) electrons. The van der Waals surface area contributed by atoms with Crippen LogP contribution >= 0.6 is 11.9 Å². The van der Waals surface area contributed by atoms with Gasteiger partial charge in [0.05, 0.1) is 11.1 Å². The number of nitriles is 1. The van der Waals surface area contributed by atoms with Crippen molar-refractivity contribution in [1.29, 1.82) is 5.26 Å². The molecule has 1 aromatic heterocycles. The number of likely N-dealkylation sites (tertiary alicyclic amines) is 1. The van der Waals surface area contributed by atoms with E-state index >= 15 is 0 Å². The largest absolute Gasteiger partial charge is 0.339 e. The van der Waals surface area contributed by atoms with Gasteiger partial charge in [0.1, 0.15) is 11.9 Å². The van der Waals surface area contributed by atoms with Gasteiger partial charge in [-0.1, -0.05) is 11.9 Å². The van der Waals surface area contributed by atoms with E-state index in [-0.39, 0.29) is 5.91 Å². The van der Waals surface area contributed by atoms with Crippen molar-refractivity contribution in [2.75, 3.05) is 24.1 Å². The zero-order chi connectivity index (χ0) is 13.7. The fourth-order valence-corrected chi connectivity index (χ4v) is 2.47. The van der Waals surface area contributed by atoms with E-state index in [1.54, 1.807) is 6.07 Å². The highest BCUT2D eigenvalue weighted by Gasteiger charge is 2.21. The summed E-state index contributed by atoms with van der Waals surface area (Å²) in [5, 5.41) is 9.10. The van der Waals surface area contributed by atoms with Gasteiger partial charge < -0.3 is 9.62 Å². The minimum absolute atomic E-state index is 0.0668. The number of carbonyl (C=O) groups excluding carboxylic acids is 1. The number of anilines is 1. The lowest BCUT2D eigenvalue weighted by atomic mass is 10.1. The third kappa shape index (κ3) is 3.18. The highest BCUT2D eigenvalue weighted by atomic mass is 32.2. The quantitative estimate of drug-likeness (QED) is 0.858. The number of amides is 1. The summed E-state index contributed by atoms with van der Waals surface area (Å²) >= 11 is 1.40. The molecule has 1 fully saturated rings. The number of aromatic nitrogens is 1. The Labute approximate surface area is 117 Å². The monoisotopic (exact) mass is 276 g/mol. The van der Waals surface area contributed by atoms with Crippen molar-refractivity contribution in [2.45, 2.75) is 19.3 Å². The van der Waals surface area contributed by atoms with E-state index in [2.05, 4.69) is 9.71 Å². The molecule has 5 nitrogen and oxygen atoms in total. The van der Waals surface area contributed by atoms with E-state index in [4.69, 9.17) is 5.26 Å². The van der Waals surface area contributed by atoms with E-state index in [0.717, 1.165) is 25.9 Å². The summed E-state index contributed by atoms with van der Waals surface area (Å²) in [4.78, 5) is 18.4. The molecule has 0 atom stereocenters. The Morgan fingerprint density at radius 1 is 1.47 bits per heavy atom. The van der Waals surface area contributed by atoms with Crippen molar-refractivity contribution in [3.63, 3.8) is 0 Å². The Balaban J connectivity index is 2.27. The highest BCUT2D eigenvalue weighted by Crippen LogP contribution is 2.19. The van der Waals surface area contributed by atoms with Crippen molar-refractivity contribution >= 4 is 23.7 Å². The number of piperidine rings is 1. The second-order valence-electron chi connectivity index (χ2n) is 4.39. The van der Waals surface area contributed by atoms with Crippen molar-refractivity contribution in [3.8, 4) is 6.07 Å². The molecule has 1 amide bonds. The van der Waals surface area contributed by atoms with Crippen LogP contribution in [0.4, 0.5) is 5.82 Å². The molecular formula is C13H16N4OS. The van der Waals surface area contributed by atoms with Gasteiger partial charge in [-0.05, 0) is 25.3 Å². The fraction of sp³-hybridized carbons (Fsp3) is 0.462. The number of rotatable bonds is 3. The molecule has 0 spiro atoms. The van der Waals surface area contributed by atoms with E-state index < -0.39 is 0 Å². The molecule has 1 aromatic rings. The molecule has 1 aliphatic rings. The van der Waals surface area contributed by atoms with Gasteiger partial charge in [0.2, 0.25) is 0 Å². The minimum atomic E-state index is -0.0668. The molecular weight excluding hydrogens is 260 g/mol. The fourth-order valence-electron chi connectivity index (χ4n) is 2.15.